The summed E-state index contributed by atoms with van der Waals surface area (Å²) in [4.78, 5) is 11.0. The van der Waals surface area contributed by atoms with E-state index in [1.165, 1.54) is 12.1 Å². The van der Waals surface area contributed by atoms with Crippen LogP contribution in [-0.4, -0.2) is 25.5 Å². The van der Waals surface area contributed by atoms with E-state index in [4.69, 9.17) is 5.11 Å². The fraction of sp³-hybridized carbons (Fsp3) is 0.500. The van der Waals surface area contributed by atoms with Gasteiger partial charge in [-0.05, 0) is 47.5 Å². The minimum absolute atomic E-state index is 0.0366. The van der Waals surface area contributed by atoms with Gasteiger partial charge < -0.3 is 5.11 Å². The lowest BCUT2D eigenvalue weighted by Crippen LogP contribution is -2.32. The van der Waals surface area contributed by atoms with Crippen molar-refractivity contribution < 1.29 is 18.3 Å². The van der Waals surface area contributed by atoms with Gasteiger partial charge in [0.1, 0.15) is 0 Å². The zero-order chi connectivity index (χ0) is 16.0. The first-order chi connectivity index (χ1) is 9.77. The third kappa shape index (κ3) is 5.41. The number of unbranched alkanes of at least 4 members (excludes halogenated alkanes) is 2. The SMILES string of the molecule is CCCCCC(C)NS(=O)(=O)c1ccc(Br)c(C(=O)O)c1. The number of hydrogen-bond acceptors (Lipinski definition) is 3. The van der Waals surface area contributed by atoms with Gasteiger partial charge in [0.25, 0.3) is 0 Å². The Bertz CT molecular complexity index is 601. The van der Waals surface area contributed by atoms with Crippen molar-refractivity contribution >= 4 is 31.9 Å². The molecule has 0 radical (unpaired) electrons. The molecule has 0 saturated carbocycles. The van der Waals surface area contributed by atoms with Crippen LogP contribution in [0, 0.1) is 0 Å². The van der Waals surface area contributed by atoms with Gasteiger partial charge in [0.15, 0.2) is 0 Å². The summed E-state index contributed by atoms with van der Waals surface area (Å²) in [5, 5.41) is 9.04. The van der Waals surface area contributed by atoms with Crippen molar-refractivity contribution in [3.63, 3.8) is 0 Å². The number of nitrogens with one attached hydrogen (secondary N) is 1. The van der Waals surface area contributed by atoms with E-state index < -0.39 is 16.0 Å². The Morgan fingerprint density at radius 1 is 1.38 bits per heavy atom. The highest BCUT2D eigenvalue weighted by Crippen LogP contribution is 2.21. The highest BCUT2D eigenvalue weighted by atomic mass is 79.9. The first-order valence-electron chi connectivity index (χ1n) is 6.83. The number of hydrogen-bond donors (Lipinski definition) is 2. The van der Waals surface area contributed by atoms with Crippen LogP contribution in [0.3, 0.4) is 0 Å². The van der Waals surface area contributed by atoms with E-state index in [0.29, 0.717) is 4.47 Å². The minimum atomic E-state index is -3.70. The molecule has 0 amide bonds. The predicted octanol–water partition coefficient (Wildman–Crippen LogP) is 3.39. The van der Waals surface area contributed by atoms with E-state index in [1.807, 2.05) is 6.92 Å². The molecule has 0 aliphatic rings. The second-order valence-corrected chi connectivity index (χ2v) is 7.53. The molecular formula is C14H20BrNO4S. The summed E-state index contributed by atoms with van der Waals surface area (Å²) in [7, 11) is -3.70. The number of benzene rings is 1. The number of halogens is 1. The van der Waals surface area contributed by atoms with Crippen molar-refractivity contribution in [2.75, 3.05) is 0 Å². The van der Waals surface area contributed by atoms with Crippen LogP contribution in [0.4, 0.5) is 0 Å². The molecule has 1 atom stereocenters. The Morgan fingerprint density at radius 2 is 2.05 bits per heavy atom. The Balaban J connectivity index is 2.88. The molecule has 2 N–H and O–H groups in total. The number of rotatable bonds is 8. The third-order valence-corrected chi connectivity index (χ3v) is 5.35. The Kier molecular flexibility index (Phi) is 6.83. The lowest BCUT2D eigenvalue weighted by atomic mass is 10.1. The largest absolute Gasteiger partial charge is 0.478 e. The van der Waals surface area contributed by atoms with Crippen molar-refractivity contribution in [1.29, 1.82) is 0 Å². The summed E-state index contributed by atoms with van der Waals surface area (Å²) in [6, 6.07) is 3.80. The summed E-state index contributed by atoms with van der Waals surface area (Å²) in [6.07, 6.45) is 3.86. The van der Waals surface area contributed by atoms with E-state index in [2.05, 4.69) is 27.6 Å². The fourth-order valence-electron chi connectivity index (χ4n) is 1.93. The number of aromatic carboxylic acids is 1. The van der Waals surface area contributed by atoms with E-state index in [9.17, 15) is 13.2 Å². The molecule has 5 nitrogen and oxygen atoms in total. The average molecular weight is 378 g/mol. The monoisotopic (exact) mass is 377 g/mol. The van der Waals surface area contributed by atoms with Crippen LogP contribution in [0.5, 0.6) is 0 Å². The number of sulfonamides is 1. The van der Waals surface area contributed by atoms with E-state index in [1.54, 1.807) is 0 Å². The second-order valence-electron chi connectivity index (χ2n) is 4.96. The van der Waals surface area contributed by atoms with Gasteiger partial charge in [-0.25, -0.2) is 17.9 Å². The molecule has 118 valence electrons. The zero-order valence-corrected chi connectivity index (χ0v) is 14.5. The summed E-state index contributed by atoms with van der Waals surface area (Å²) in [6.45, 7) is 3.90. The Hall–Kier alpha value is -0.920. The van der Waals surface area contributed by atoms with Crippen molar-refractivity contribution in [2.45, 2.75) is 50.5 Å². The molecule has 1 aromatic rings. The van der Waals surface area contributed by atoms with Gasteiger partial charge in [0.05, 0.1) is 10.5 Å². The summed E-state index contributed by atoms with van der Waals surface area (Å²) in [5.41, 5.74) is -0.0727. The molecule has 0 heterocycles. The molecule has 0 aromatic heterocycles. The van der Waals surface area contributed by atoms with Gasteiger partial charge in [0.2, 0.25) is 10.0 Å². The van der Waals surface area contributed by atoms with Gasteiger partial charge in [0, 0.05) is 10.5 Å². The van der Waals surface area contributed by atoms with Crippen LogP contribution in [0.25, 0.3) is 0 Å². The topological polar surface area (TPSA) is 83.5 Å². The molecule has 21 heavy (non-hydrogen) atoms. The van der Waals surface area contributed by atoms with Crippen LogP contribution >= 0.6 is 15.9 Å². The van der Waals surface area contributed by atoms with Crippen LogP contribution in [-0.2, 0) is 10.0 Å². The molecule has 7 heteroatoms. The Labute approximate surface area is 133 Å². The van der Waals surface area contributed by atoms with Crippen LogP contribution in [0.15, 0.2) is 27.6 Å². The van der Waals surface area contributed by atoms with Crippen molar-refractivity contribution in [3.05, 3.63) is 28.2 Å². The molecule has 0 saturated heterocycles. The van der Waals surface area contributed by atoms with Crippen molar-refractivity contribution in [3.8, 4) is 0 Å². The summed E-state index contributed by atoms with van der Waals surface area (Å²) in [5.74, 6) is -1.17. The van der Waals surface area contributed by atoms with Crippen molar-refractivity contribution in [1.82, 2.24) is 4.72 Å². The predicted molar refractivity (Wildman–Crippen MR) is 85.0 cm³/mol. The van der Waals surface area contributed by atoms with E-state index in [0.717, 1.165) is 31.7 Å². The van der Waals surface area contributed by atoms with Gasteiger partial charge in [-0.2, -0.15) is 0 Å². The quantitative estimate of drug-likeness (QED) is 0.680. The highest BCUT2D eigenvalue weighted by Gasteiger charge is 2.20. The van der Waals surface area contributed by atoms with E-state index >= 15 is 0 Å². The summed E-state index contributed by atoms with van der Waals surface area (Å²) >= 11 is 3.09. The molecule has 0 fully saturated rings. The molecule has 0 bridgehead atoms. The second kappa shape index (κ2) is 7.91. The van der Waals surface area contributed by atoms with Gasteiger partial charge in [-0.1, -0.05) is 26.2 Å². The lowest BCUT2D eigenvalue weighted by molar-refractivity contribution is 0.0695. The van der Waals surface area contributed by atoms with Crippen LogP contribution in [0.2, 0.25) is 0 Å². The van der Waals surface area contributed by atoms with Gasteiger partial charge in [-0.3, -0.25) is 0 Å². The zero-order valence-electron chi connectivity index (χ0n) is 12.1. The number of carboxylic acid groups (broad SMARTS) is 1. The highest BCUT2D eigenvalue weighted by molar-refractivity contribution is 9.10. The molecule has 1 aromatic carbocycles. The lowest BCUT2D eigenvalue weighted by Gasteiger charge is -2.14. The smallest absolute Gasteiger partial charge is 0.336 e. The maximum atomic E-state index is 12.2. The Morgan fingerprint density at radius 3 is 2.62 bits per heavy atom. The number of carboxylic acids is 1. The van der Waals surface area contributed by atoms with Crippen molar-refractivity contribution in [2.24, 2.45) is 0 Å². The molecule has 1 unspecified atom stereocenters. The average Bonchev–Trinajstić information content (AvgIpc) is 2.38. The van der Waals surface area contributed by atoms with Crippen LogP contribution < -0.4 is 4.72 Å². The first kappa shape index (κ1) is 18.1. The minimum Gasteiger partial charge on any atom is -0.478 e. The van der Waals surface area contributed by atoms with Gasteiger partial charge in [-0.15, -0.1) is 0 Å². The maximum absolute atomic E-state index is 12.2. The fourth-order valence-corrected chi connectivity index (χ4v) is 3.65. The van der Waals surface area contributed by atoms with Gasteiger partial charge >= 0.3 is 5.97 Å². The van der Waals surface area contributed by atoms with E-state index in [-0.39, 0.29) is 16.5 Å². The molecule has 0 aliphatic heterocycles. The standard InChI is InChI=1S/C14H20BrNO4S/c1-3-4-5-6-10(2)16-21(19,20)11-7-8-13(15)12(9-11)14(17)18/h7-10,16H,3-6H2,1-2H3,(H,17,18). The first-order valence-corrected chi connectivity index (χ1v) is 9.10. The summed E-state index contributed by atoms with van der Waals surface area (Å²) < 4.78 is 27.4. The molecule has 1 rings (SSSR count). The maximum Gasteiger partial charge on any atom is 0.336 e. The third-order valence-electron chi connectivity index (χ3n) is 3.08. The molecular weight excluding hydrogens is 358 g/mol. The molecule has 0 aliphatic carbocycles. The normalized spacial score (nSPS) is 13.1. The number of carbonyl (C=O) groups is 1. The van der Waals surface area contributed by atoms with Crippen LogP contribution in [0.1, 0.15) is 49.9 Å². The molecule has 0 spiro atoms.